The number of pyridine rings is 1. The predicted molar refractivity (Wildman–Crippen MR) is 124 cm³/mol. The van der Waals surface area contributed by atoms with Crippen molar-refractivity contribution in [3.05, 3.63) is 69.9 Å². The monoisotopic (exact) mass is 452 g/mol. The highest BCUT2D eigenvalue weighted by Crippen LogP contribution is 2.25. The zero-order valence-electron chi connectivity index (χ0n) is 17.2. The fourth-order valence-electron chi connectivity index (χ4n) is 3.64. The van der Waals surface area contributed by atoms with Gasteiger partial charge in [0.1, 0.15) is 5.65 Å². The van der Waals surface area contributed by atoms with Gasteiger partial charge in [-0.1, -0.05) is 49.3 Å². The lowest BCUT2D eigenvalue weighted by molar-refractivity contribution is 0.512. The Morgan fingerprint density at radius 1 is 1.10 bits per heavy atom. The van der Waals surface area contributed by atoms with Gasteiger partial charge in [-0.25, -0.2) is 4.98 Å². The Balaban J connectivity index is 1.56. The predicted octanol–water partition coefficient (Wildman–Crippen LogP) is 4.68. The van der Waals surface area contributed by atoms with Gasteiger partial charge in [0.05, 0.1) is 21.6 Å². The van der Waals surface area contributed by atoms with Crippen LogP contribution in [0.2, 0.25) is 5.02 Å². The molecule has 0 saturated heterocycles. The molecule has 5 aromatic rings. The van der Waals surface area contributed by atoms with Crippen LogP contribution in [0, 0.1) is 5.92 Å². The van der Waals surface area contributed by atoms with Crippen LogP contribution in [0.3, 0.4) is 0 Å². The van der Waals surface area contributed by atoms with E-state index in [4.69, 9.17) is 11.6 Å². The lowest BCUT2D eigenvalue weighted by Gasteiger charge is -2.12. The van der Waals surface area contributed by atoms with Crippen LogP contribution >= 0.6 is 23.4 Å². The van der Waals surface area contributed by atoms with E-state index in [1.165, 1.54) is 0 Å². The molecule has 0 aliphatic rings. The molecule has 4 heterocycles. The normalized spacial score (nSPS) is 12.0. The van der Waals surface area contributed by atoms with Gasteiger partial charge in [0, 0.05) is 24.7 Å². The van der Waals surface area contributed by atoms with E-state index in [0.29, 0.717) is 34.4 Å². The van der Waals surface area contributed by atoms with Crippen molar-refractivity contribution in [2.45, 2.75) is 37.7 Å². The number of nitrogens with zero attached hydrogens (tertiary/aromatic N) is 6. The third kappa shape index (κ3) is 3.70. The lowest BCUT2D eigenvalue weighted by Crippen LogP contribution is -2.24. The molecule has 0 N–H and O–H groups in total. The maximum Gasteiger partial charge on any atom is 0.262 e. The quantitative estimate of drug-likeness (QED) is 0.350. The summed E-state index contributed by atoms with van der Waals surface area (Å²) in [6.07, 6.45) is 4.70. The molecule has 0 fully saturated rings. The minimum Gasteiger partial charge on any atom is -0.305 e. The first-order chi connectivity index (χ1) is 15.0. The number of thioether (sulfide) groups is 1. The Bertz CT molecular complexity index is 1470. The van der Waals surface area contributed by atoms with Crippen LogP contribution in [-0.4, -0.2) is 28.5 Å². The van der Waals surface area contributed by atoms with Crippen LogP contribution < -0.4 is 5.56 Å². The smallest absolute Gasteiger partial charge is 0.262 e. The highest BCUT2D eigenvalue weighted by atomic mass is 35.5. The Kier molecular flexibility index (Phi) is 5.19. The number of imidazole rings is 1. The molecule has 0 aliphatic heterocycles. The molecule has 5 rings (SSSR count). The molecular formula is C22H21ClN6OS. The summed E-state index contributed by atoms with van der Waals surface area (Å²) in [7, 11) is 0. The van der Waals surface area contributed by atoms with E-state index in [-0.39, 0.29) is 5.56 Å². The first kappa shape index (κ1) is 20.1. The molecule has 0 radical (unpaired) electrons. The Morgan fingerprint density at radius 3 is 2.77 bits per heavy atom. The third-order valence-electron chi connectivity index (χ3n) is 5.22. The van der Waals surface area contributed by atoms with Crippen LogP contribution in [0.15, 0.2) is 58.7 Å². The van der Waals surface area contributed by atoms with E-state index in [2.05, 4.69) is 29.0 Å². The number of rotatable bonds is 6. The average Bonchev–Trinajstić information content (AvgIpc) is 3.35. The topological polar surface area (TPSA) is 69.5 Å². The second-order valence-electron chi connectivity index (χ2n) is 7.91. The molecule has 0 bridgehead atoms. The fraction of sp³-hybridized carbons (Fsp3) is 0.273. The van der Waals surface area contributed by atoms with E-state index < -0.39 is 0 Å². The number of aryl methyl sites for hydroxylation is 1. The molecule has 0 unspecified atom stereocenters. The Morgan fingerprint density at radius 2 is 1.94 bits per heavy atom. The van der Waals surface area contributed by atoms with Crippen LogP contribution in [-0.2, 0) is 12.3 Å². The van der Waals surface area contributed by atoms with Crippen molar-refractivity contribution in [1.29, 1.82) is 0 Å². The van der Waals surface area contributed by atoms with Crippen molar-refractivity contribution >= 4 is 45.7 Å². The van der Waals surface area contributed by atoms with E-state index in [1.54, 1.807) is 16.3 Å². The second kappa shape index (κ2) is 8.01. The van der Waals surface area contributed by atoms with Crippen LogP contribution in [0.4, 0.5) is 0 Å². The number of halogens is 1. The van der Waals surface area contributed by atoms with Crippen LogP contribution in [0.25, 0.3) is 22.3 Å². The average molecular weight is 453 g/mol. The lowest BCUT2D eigenvalue weighted by atomic mass is 10.1. The van der Waals surface area contributed by atoms with E-state index >= 15 is 0 Å². The van der Waals surface area contributed by atoms with E-state index in [0.717, 1.165) is 28.4 Å². The highest BCUT2D eigenvalue weighted by molar-refractivity contribution is 7.98. The van der Waals surface area contributed by atoms with Crippen molar-refractivity contribution in [2.24, 2.45) is 5.92 Å². The van der Waals surface area contributed by atoms with Gasteiger partial charge in [-0.3, -0.25) is 13.8 Å². The number of hydrogen-bond donors (Lipinski definition) is 0. The van der Waals surface area contributed by atoms with Gasteiger partial charge in [0.2, 0.25) is 5.78 Å². The van der Waals surface area contributed by atoms with Crippen LogP contribution in [0.1, 0.15) is 26.0 Å². The maximum absolute atomic E-state index is 13.1. The number of benzene rings is 1. The number of para-hydroxylation sites is 1. The number of aromatic nitrogens is 6. The van der Waals surface area contributed by atoms with Gasteiger partial charge < -0.3 is 4.40 Å². The molecule has 0 saturated carbocycles. The standard InChI is InChI=1S/C22H21ClN6OS/c1-14(2)9-10-28-20(30)17-5-3-4-6-18(17)29-21(28)25-26-22(29)31-13-16-12-27-11-15(23)7-8-19(27)24-16/h3-8,11-12,14H,9-10,13H2,1-2H3. The van der Waals surface area contributed by atoms with Gasteiger partial charge in [-0.2, -0.15) is 0 Å². The van der Waals surface area contributed by atoms with Crippen LogP contribution in [0.5, 0.6) is 0 Å². The summed E-state index contributed by atoms with van der Waals surface area (Å²) in [4.78, 5) is 17.8. The largest absolute Gasteiger partial charge is 0.305 e. The van der Waals surface area contributed by atoms with Crippen molar-refractivity contribution in [3.8, 4) is 0 Å². The molecule has 7 nitrogen and oxygen atoms in total. The zero-order chi connectivity index (χ0) is 21.5. The third-order valence-corrected chi connectivity index (χ3v) is 6.41. The molecule has 1 aromatic carbocycles. The van der Waals surface area contributed by atoms with Crippen molar-refractivity contribution in [1.82, 2.24) is 28.5 Å². The number of fused-ring (bicyclic) bond motifs is 4. The molecule has 0 amide bonds. The molecule has 0 aliphatic carbocycles. The summed E-state index contributed by atoms with van der Waals surface area (Å²) in [5.41, 5.74) is 2.56. The fourth-order valence-corrected chi connectivity index (χ4v) is 4.63. The molecule has 4 aromatic heterocycles. The second-order valence-corrected chi connectivity index (χ2v) is 9.29. The molecule has 9 heteroatoms. The Labute approximate surface area is 187 Å². The summed E-state index contributed by atoms with van der Waals surface area (Å²) in [6, 6.07) is 11.3. The van der Waals surface area contributed by atoms with E-state index in [9.17, 15) is 4.79 Å². The summed E-state index contributed by atoms with van der Waals surface area (Å²) >= 11 is 7.62. The molecular weight excluding hydrogens is 432 g/mol. The van der Waals surface area contributed by atoms with Crippen molar-refractivity contribution in [2.75, 3.05) is 0 Å². The SMILES string of the molecule is CC(C)CCn1c(=O)c2ccccc2n2c(SCc3cn4cc(Cl)ccc4n3)nnc12. The van der Waals surface area contributed by atoms with Gasteiger partial charge in [-0.05, 0) is 36.6 Å². The minimum absolute atomic E-state index is 0.0232. The van der Waals surface area contributed by atoms with Gasteiger partial charge in [-0.15, -0.1) is 10.2 Å². The summed E-state index contributed by atoms with van der Waals surface area (Å²) in [5, 5.41) is 10.9. The zero-order valence-corrected chi connectivity index (χ0v) is 18.8. The molecule has 158 valence electrons. The van der Waals surface area contributed by atoms with Gasteiger partial charge in [0.25, 0.3) is 5.56 Å². The molecule has 31 heavy (non-hydrogen) atoms. The molecule has 0 spiro atoms. The van der Waals surface area contributed by atoms with Gasteiger partial charge in [0.15, 0.2) is 5.16 Å². The first-order valence-electron chi connectivity index (χ1n) is 10.1. The molecule has 0 atom stereocenters. The minimum atomic E-state index is -0.0232. The summed E-state index contributed by atoms with van der Waals surface area (Å²) < 4.78 is 5.64. The van der Waals surface area contributed by atoms with Crippen molar-refractivity contribution < 1.29 is 0 Å². The first-order valence-corrected chi connectivity index (χ1v) is 11.5. The van der Waals surface area contributed by atoms with Crippen molar-refractivity contribution in [3.63, 3.8) is 0 Å². The summed E-state index contributed by atoms with van der Waals surface area (Å²) in [6.45, 7) is 4.91. The Hall–Kier alpha value is -2.84. The summed E-state index contributed by atoms with van der Waals surface area (Å²) in [5.74, 6) is 1.69. The highest BCUT2D eigenvalue weighted by Gasteiger charge is 2.17. The van der Waals surface area contributed by atoms with E-state index in [1.807, 2.05) is 57.6 Å². The number of hydrogen-bond acceptors (Lipinski definition) is 5. The van der Waals surface area contributed by atoms with Gasteiger partial charge >= 0.3 is 0 Å². The maximum atomic E-state index is 13.1.